The first kappa shape index (κ1) is 22.2. The van der Waals surface area contributed by atoms with Crippen molar-refractivity contribution in [3.05, 3.63) is 0 Å². The van der Waals surface area contributed by atoms with E-state index in [4.69, 9.17) is 9.47 Å². The van der Waals surface area contributed by atoms with Crippen LogP contribution in [0.2, 0.25) is 0 Å². The van der Waals surface area contributed by atoms with Gasteiger partial charge in [0.05, 0.1) is 6.10 Å². The van der Waals surface area contributed by atoms with Crippen molar-refractivity contribution in [3.8, 4) is 0 Å². The van der Waals surface area contributed by atoms with Crippen LogP contribution in [0, 0.1) is 0 Å². The fourth-order valence-electron chi connectivity index (χ4n) is 1.59. The van der Waals surface area contributed by atoms with Gasteiger partial charge in [-0.3, -0.25) is 4.79 Å². The summed E-state index contributed by atoms with van der Waals surface area (Å²) in [5.74, 6) is -1.33. The lowest BCUT2D eigenvalue weighted by atomic mass is 10.1. The zero-order chi connectivity index (χ0) is 19.3. The van der Waals surface area contributed by atoms with Crippen LogP contribution in [0.4, 0.5) is 4.79 Å². The molecule has 0 rings (SSSR count). The van der Waals surface area contributed by atoms with Crippen molar-refractivity contribution in [2.75, 3.05) is 0 Å². The average molecular weight is 346 g/mol. The van der Waals surface area contributed by atoms with E-state index in [9.17, 15) is 19.5 Å². The lowest BCUT2D eigenvalue weighted by Crippen LogP contribution is -2.56. The SMILES string of the molecule is C[C@H](NC(=O)[C@@H](NC(=O)OC(C)(C)C)[C@@H](C)O)C(=O)OC(C)(C)C. The summed E-state index contributed by atoms with van der Waals surface area (Å²) in [6.07, 6.45) is -2.02. The number of esters is 1. The van der Waals surface area contributed by atoms with Crippen LogP contribution in [0.3, 0.4) is 0 Å². The zero-order valence-electron chi connectivity index (χ0n) is 15.7. The Labute approximate surface area is 143 Å². The van der Waals surface area contributed by atoms with E-state index in [2.05, 4.69) is 10.6 Å². The maximum atomic E-state index is 12.2. The maximum Gasteiger partial charge on any atom is 0.408 e. The highest BCUT2D eigenvalue weighted by atomic mass is 16.6. The Balaban J connectivity index is 4.81. The number of carbonyl (C=O) groups is 3. The lowest BCUT2D eigenvalue weighted by Gasteiger charge is -2.26. The molecule has 140 valence electrons. The van der Waals surface area contributed by atoms with Crippen molar-refractivity contribution in [1.82, 2.24) is 10.6 Å². The summed E-state index contributed by atoms with van der Waals surface area (Å²) >= 11 is 0. The number of hydrogen-bond acceptors (Lipinski definition) is 6. The molecule has 0 aliphatic rings. The molecule has 0 aliphatic heterocycles. The highest BCUT2D eigenvalue weighted by Crippen LogP contribution is 2.09. The summed E-state index contributed by atoms with van der Waals surface area (Å²) in [5, 5.41) is 14.4. The van der Waals surface area contributed by atoms with Crippen molar-refractivity contribution in [1.29, 1.82) is 0 Å². The Morgan fingerprint density at radius 1 is 0.875 bits per heavy atom. The minimum atomic E-state index is -1.26. The van der Waals surface area contributed by atoms with E-state index in [0.29, 0.717) is 0 Å². The summed E-state index contributed by atoms with van der Waals surface area (Å²) < 4.78 is 10.2. The van der Waals surface area contributed by atoms with Crippen LogP contribution in [-0.2, 0) is 19.1 Å². The van der Waals surface area contributed by atoms with Crippen LogP contribution in [-0.4, -0.2) is 52.5 Å². The molecule has 0 heterocycles. The predicted molar refractivity (Wildman–Crippen MR) is 88.3 cm³/mol. The summed E-state index contributed by atoms with van der Waals surface area (Å²) in [6, 6.07) is -2.19. The molecule has 0 spiro atoms. The number of nitrogens with one attached hydrogen (secondary N) is 2. The van der Waals surface area contributed by atoms with Gasteiger partial charge >= 0.3 is 12.1 Å². The summed E-state index contributed by atoms with van der Waals surface area (Å²) in [7, 11) is 0. The van der Waals surface area contributed by atoms with Gasteiger partial charge in [0, 0.05) is 0 Å². The van der Waals surface area contributed by atoms with Gasteiger partial charge in [-0.1, -0.05) is 0 Å². The second-order valence-corrected chi connectivity index (χ2v) is 7.63. The normalized spacial score (nSPS) is 15.7. The van der Waals surface area contributed by atoms with Crippen LogP contribution in [0.25, 0.3) is 0 Å². The quantitative estimate of drug-likeness (QED) is 0.643. The Bertz CT molecular complexity index is 462. The van der Waals surface area contributed by atoms with Gasteiger partial charge in [0.1, 0.15) is 23.3 Å². The Morgan fingerprint density at radius 2 is 1.33 bits per heavy atom. The number of carbonyl (C=O) groups excluding carboxylic acids is 3. The van der Waals surface area contributed by atoms with E-state index in [1.807, 2.05) is 0 Å². The predicted octanol–water partition coefficient (Wildman–Crippen LogP) is 1.11. The number of aliphatic hydroxyl groups is 1. The Kier molecular flexibility index (Phi) is 7.69. The van der Waals surface area contributed by atoms with Gasteiger partial charge in [-0.05, 0) is 55.4 Å². The number of aliphatic hydroxyl groups excluding tert-OH is 1. The largest absolute Gasteiger partial charge is 0.458 e. The molecule has 8 nitrogen and oxygen atoms in total. The van der Waals surface area contributed by atoms with Crippen molar-refractivity contribution in [2.45, 2.75) is 84.8 Å². The topological polar surface area (TPSA) is 114 Å². The second-order valence-electron chi connectivity index (χ2n) is 7.63. The van der Waals surface area contributed by atoms with E-state index < -0.39 is 47.4 Å². The van der Waals surface area contributed by atoms with Crippen molar-refractivity contribution >= 4 is 18.0 Å². The number of ether oxygens (including phenoxy) is 2. The van der Waals surface area contributed by atoms with Gasteiger partial charge in [0.15, 0.2) is 0 Å². The highest BCUT2D eigenvalue weighted by Gasteiger charge is 2.31. The van der Waals surface area contributed by atoms with E-state index in [-0.39, 0.29) is 0 Å². The third kappa shape index (κ3) is 9.34. The van der Waals surface area contributed by atoms with E-state index in [0.717, 1.165) is 0 Å². The molecule has 0 aromatic carbocycles. The highest BCUT2D eigenvalue weighted by molar-refractivity contribution is 5.90. The molecule has 3 atom stereocenters. The maximum absolute atomic E-state index is 12.2. The molecule has 0 radical (unpaired) electrons. The summed E-state index contributed by atoms with van der Waals surface area (Å²) in [4.78, 5) is 35.9. The molecular weight excluding hydrogens is 316 g/mol. The van der Waals surface area contributed by atoms with Crippen LogP contribution < -0.4 is 10.6 Å². The smallest absolute Gasteiger partial charge is 0.408 e. The van der Waals surface area contributed by atoms with Crippen LogP contribution in [0.15, 0.2) is 0 Å². The fraction of sp³-hybridized carbons (Fsp3) is 0.812. The molecule has 0 fully saturated rings. The van der Waals surface area contributed by atoms with E-state index in [1.165, 1.54) is 13.8 Å². The molecule has 0 bridgehead atoms. The molecule has 0 saturated heterocycles. The molecule has 8 heteroatoms. The molecule has 3 N–H and O–H groups in total. The number of rotatable bonds is 5. The zero-order valence-corrected chi connectivity index (χ0v) is 15.7. The van der Waals surface area contributed by atoms with Gasteiger partial charge in [-0.15, -0.1) is 0 Å². The van der Waals surface area contributed by atoms with Gasteiger partial charge in [0.2, 0.25) is 5.91 Å². The Morgan fingerprint density at radius 3 is 1.71 bits per heavy atom. The number of alkyl carbamates (subject to hydrolysis) is 1. The van der Waals surface area contributed by atoms with E-state index in [1.54, 1.807) is 41.5 Å². The molecule has 0 aromatic rings. The van der Waals surface area contributed by atoms with Crippen LogP contribution in [0.5, 0.6) is 0 Å². The minimum Gasteiger partial charge on any atom is -0.458 e. The fourth-order valence-corrected chi connectivity index (χ4v) is 1.59. The summed E-state index contributed by atoms with van der Waals surface area (Å²) in [5.41, 5.74) is -1.43. The Hall–Kier alpha value is -1.83. The van der Waals surface area contributed by atoms with Crippen molar-refractivity contribution < 1.29 is 29.0 Å². The standard InChI is InChI=1S/C16H30N2O6/c1-9(13(21)23-15(3,4)5)17-12(20)11(10(2)19)18-14(22)24-16(6,7)8/h9-11,19H,1-8H3,(H,17,20)(H,18,22)/t9-,10+,11-/m0/s1. The van der Waals surface area contributed by atoms with Crippen molar-refractivity contribution in [2.24, 2.45) is 0 Å². The molecule has 0 aliphatic carbocycles. The van der Waals surface area contributed by atoms with E-state index >= 15 is 0 Å². The van der Waals surface area contributed by atoms with Crippen molar-refractivity contribution in [3.63, 3.8) is 0 Å². The first-order chi connectivity index (χ1) is 10.6. The minimum absolute atomic E-state index is 0.613. The third-order valence-corrected chi connectivity index (χ3v) is 2.56. The van der Waals surface area contributed by atoms with Gasteiger partial charge in [-0.2, -0.15) is 0 Å². The molecule has 0 unspecified atom stereocenters. The second kappa shape index (κ2) is 8.32. The molecule has 0 saturated carbocycles. The van der Waals surface area contributed by atoms with Gasteiger partial charge < -0.3 is 25.2 Å². The van der Waals surface area contributed by atoms with Gasteiger partial charge in [-0.25, -0.2) is 9.59 Å². The summed E-state index contributed by atoms with van der Waals surface area (Å²) in [6.45, 7) is 13.0. The van der Waals surface area contributed by atoms with Crippen LogP contribution >= 0.6 is 0 Å². The first-order valence-electron chi connectivity index (χ1n) is 7.83. The molecule has 2 amide bonds. The first-order valence-corrected chi connectivity index (χ1v) is 7.83. The number of hydrogen-bond donors (Lipinski definition) is 3. The molecule has 24 heavy (non-hydrogen) atoms. The van der Waals surface area contributed by atoms with Gasteiger partial charge in [0.25, 0.3) is 0 Å². The molecule has 0 aromatic heterocycles. The lowest BCUT2D eigenvalue weighted by molar-refractivity contribution is -0.158. The molecular formula is C16H30N2O6. The number of amides is 2. The average Bonchev–Trinajstić information content (AvgIpc) is 2.30. The van der Waals surface area contributed by atoms with Crippen LogP contribution in [0.1, 0.15) is 55.4 Å². The third-order valence-electron chi connectivity index (χ3n) is 2.56. The monoisotopic (exact) mass is 346 g/mol.